The summed E-state index contributed by atoms with van der Waals surface area (Å²) < 4.78 is 17.4. The van der Waals surface area contributed by atoms with Crippen molar-refractivity contribution in [2.75, 3.05) is 0 Å². The van der Waals surface area contributed by atoms with E-state index in [0.717, 1.165) is 76.2 Å². The van der Waals surface area contributed by atoms with Crippen LogP contribution in [-0.2, 0) is 4.57 Å². The lowest BCUT2D eigenvalue weighted by atomic mass is 9.98. The topological polar surface area (TPSA) is 47.3 Å². The van der Waals surface area contributed by atoms with E-state index in [1.54, 1.807) is 0 Å². The van der Waals surface area contributed by atoms with Gasteiger partial charge in [0, 0.05) is 44.6 Å². The van der Waals surface area contributed by atoms with Crippen molar-refractivity contribution in [1.82, 2.24) is 14.4 Å². The van der Waals surface area contributed by atoms with Crippen LogP contribution < -0.4 is 15.9 Å². The molecule has 0 aliphatic rings. The van der Waals surface area contributed by atoms with Gasteiger partial charge in [-0.3, -0.25) is 9.38 Å². The second-order valence-corrected chi connectivity index (χ2v) is 14.2. The van der Waals surface area contributed by atoms with Gasteiger partial charge in [0.05, 0.1) is 16.6 Å². The molecule has 0 saturated heterocycles. The number of fused-ring (bicyclic) bond motifs is 9. The molecule has 0 fully saturated rings. The van der Waals surface area contributed by atoms with E-state index in [1.807, 2.05) is 85.2 Å². The van der Waals surface area contributed by atoms with Crippen LogP contribution in [0.1, 0.15) is 0 Å². The summed E-state index contributed by atoms with van der Waals surface area (Å²) >= 11 is 0. The highest BCUT2D eigenvalue weighted by molar-refractivity contribution is 7.85. The van der Waals surface area contributed by atoms with Crippen molar-refractivity contribution in [2.45, 2.75) is 0 Å². The number of nitrogens with zero attached hydrogens (tertiary/aromatic N) is 3. The van der Waals surface area contributed by atoms with Crippen molar-refractivity contribution in [2.24, 2.45) is 0 Å². The largest absolute Gasteiger partial charge is 0.309 e. The lowest BCUT2D eigenvalue weighted by Crippen LogP contribution is -2.24. The molecule has 0 aliphatic heterocycles. The monoisotopic (exact) mass is 595 g/mol. The Hall–Kier alpha value is -5.57. The quantitative estimate of drug-likeness (QED) is 0.151. The molecule has 0 bridgehead atoms. The Kier molecular flexibility index (Phi) is 5.74. The number of hydrogen-bond acceptors (Lipinski definition) is 3. The molecule has 3 aromatic heterocycles. The average Bonchev–Trinajstić information content (AvgIpc) is 3.51. The number of imidazole rings is 1. The summed E-state index contributed by atoms with van der Waals surface area (Å²) in [5, 5.41) is 7.88. The summed E-state index contributed by atoms with van der Waals surface area (Å²) in [4.78, 5) is 9.83. The predicted molar refractivity (Wildman–Crippen MR) is 188 cm³/mol. The smallest absolute Gasteiger partial charge is 0.171 e. The van der Waals surface area contributed by atoms with Crippen molar-refractivity contribution in [3.8, 4) is 11.1 Å². The molecule has 0 unspecified atom stereocenters. The molecule has 0 aliphatic carbocycles. The zero-order valence-electron chi connectivity index (χ0n) is 24.2. The van der Waals surface area contributed by atoms with Crippen LogP contribution in [0.5, 0.6) is 0 Å². The van der Waals surface area contributed by atoms with Crippen LogP contribution in [0.4, 0.5) is 0 Å². The summed E-state index contributed by atoms with van der Waals surface area (Å²) in [7, 11) is -3.11. The van der Waals surface area contributed by atoms with E-state index in [9.17, 15) is 0 Å². The standard InChI is InChI=1S/C40H26N3OP/c44-45(30-11-3-1-4-12-30,31-13-5-2-6-14-31)32-22-21-27-19-20-28(23-29(27)24-32)35-25-41-26-36-33-15-7-8-16-34(33)40-42-37-17-9-10-18-38(37)43(40)39(35)36/h1-26H. The summed E-state index contributed by atoms with van der Waals surface area (Å²) in [5.74, 6) is 0. The maximum Gasteiger partial charge on any atom is 0.171 e. The van der Waals surface area contributed by atoms with E-state index in [1.165, 1.54) is 0 Å². The first kappa shape index (κ1) is 25.9. The van der Waals surface area contributed by atoms with Crippen LogP contribution in [0, 0.1) is 0 Å². The Bertz CT molecular complexity index is 2580. The van der Waals surface area contributed by atoms with E-state index in [4.69, 9.17) is 9.97 Å². The Morgan fingerprint density at radius 1 is 0.533 bits per heavy atom. The first-order valence-corrected chi connectivity index (χ1v) is 16.7. The molecule has 0 radical (unpaired) electrons. The van der Waals surface area contributed by atoms with Crippen LogP contribution in [0.3, 0.4) is 0 Å². The number of aromatic nitrogens is 3. The zero-order chi connectivity index (χ0) is 30.0. The molecule has 9 aromatic rings. The minimum Gasteiger partial charge on any atom is -0.309 e. The summed E-state index contributed by atoms with van der Waals surface area (Å²) in [6.07, 6.45) is 3.92. The predicted octanol–water partition coefficient (Wildman–Crippen LogP) is 8.65. The van der Waals surface area contributed by atoms with Crippen LogP contribution in [0.15, 0.2) is 158 Å². The first-order valence-electron chi connectivity index (χ1n) is 15.0. The van der Waals surface area contributed by atoms with Crippen LogP contribution >= 0.6 is 7.14 Å². The normalized spacial score (nSPS) is 12.1. The van der Waals surface area contributed by atoms with E-state index < -0.39 is 7.14 Å². The molecule has 3 heterocycles. The van der Waals surface area contributed by atoms with Crippen LogP contribution in [-0.4, -0.2) is 14.4 Å². The molecule has 0 atom stereocenters. The number of pyridine rings is 2. The maximum absolute atomic E-state index is 15.1. The fraction of sp³-hybridized carbons (Fsp3) is 0. The molecule has 0 amide bonds. The fourth-order valence-electron chi connectivity index (χ4n) is 6.77. The van der Waals surface area contributed by atoms with Crippen molar-refractivity contribution in [3.63, 3.8) is 0 Å². The molecule has 5 heteroatoms. The molecule has 0 N–H and O–H groups in total. The van der Waals surface area contributed by atoms with Crippen molar-refractivity contribution in [3.05, 3.63) is 158 Å². The van der Waals surface area contributed by atoms with Crippen molar-refractivity contribution < 1.29 is 4.57 Å². The van der Waals surface area contributed by atoms with Crippen molar-refractivity contribution >= 4 is 72.2 Å². The molecule has 9 rings (SSSR count). The third kappa shape index (κ3) is 3.90. The van der Waals surface area contributed by atoms with Gasteiger partial charge < -0.3 is 4.57 Å². The third-order valence-electron chi connectivity index (χ3n) is 8.90. The Balaban J connectivity index is 1.32. The highest BCUT2D eigenvalue weighted by Gasteiger charge is 2.29. The Morgan fingerprint density at radius 2 is 1.20 bits per heavy atom. The van der Waals surface area contributed by atoms with Gasteiger partial charge in [-0.1, -0.05) is 121 Å². The molecular weight excluding hydrogens is 569 g/mol. The second kappa shape index (κ2) is 9.99. The highest BCUT2D eigenvalue weighted by Crippen LogP contribution is 2.43. The van der Waals surface area contributed by atoms with Gasteiger partial charge in [0.1, 0.15) is 5.65 Å². The molecule has 45 heavy (non-hydrogen) atoms. The van der Waals surface area contributed by atoms with Gasteiger partial charge in [0.15, 0.2) is 7.14 Å². The van der Waals surface area contributed by atoms with E-state index in [0.29, 0.717) is 0 Å². The van der Waals surface area contributed by atoms with E-state index in [2.05, 4.69) is 77.2 Å². The minimum absolute atomic E-state index is 0.814. The second-order valence-electron chi connectivity index (χ2n) is 11.4. The lowest BCUT2D eigenvalue weighted by molar-refractivity contribution is 0.592. The van der Waals surface area contributed by atoms with Crippen molar-refractivity contribution in [1.29, 1.82) is 0 Å². The van der Waals surface area contributed by atoms with Gasteiger partial charge in [0.25, 0.3) is 0 Å². The van der Waals surface area contributed by atoms with E-state index >= 15 is 4.57 Å². The fourth-order valence-corrected chi connectivity index (χ4v) is 9.45. The van der Waals surface area contributed by atoms with Gasteiger partial charge >= 0.3 is 0 Å². The number of hydrogen-bond donors (Lipinski definition) is 0. The number of rotatable bonds is 4. The molecule has 6 aromatic carbocycles. The van der Waals surface area contributed by atoms with Gasteiger partial charge in [-0.05, 0) is 46.0 Å². The molecular formula is C40H26N3OP. The van der Waals surface area contributed by atoms with Crippen LogP contribution in [0.25, 0.3) is 60.3 Å². The SMILES string of the molecule is O=P(c1ccccc1)(c1ccccc1)c1ccc2ccc(-c3cncc4c5ccccc5c5nc6ccccc6n5c34)cc2c1. The Morgan fingerprint density at radius 3 is 1.98 bits per heavy atom. The summed E-state index contributed by atoms with van der Waals surface area (Å²) in [6.45, 7) is 0. The van der Waals surface area contributed by atoms with Gasteiger partial charge in [-0.15, -0.1) is 0 Å². The molecule has 4 nitrogen and oxygen atoms in total. The summed E-state index contributed by atoms with van der Waals surface area (Å²) in [6, 6.07) is 49.1. The zero-order valence-corrected chi connectivity index (χ0v) is 25.1. The first-order chi connectivity index (χ1) is 22.2. The molecule has 0 saturated carbocycles. The third-order valence-corrected chi connectivity index (χ3v) is 12.0. The maximum atomic E-state index is 15.1. The summed E-state index contributed by atoms with van der Waals surface area (Å²) in [5.41, 5.74) is 6.09. The highest BCUT2D eigenvalue weighted by atomic mass is 31.2. The van der Waals surface area contributed by atoms with Gasteiger partial charge in [0.2, 0.25) is 0 Å². The average molecular weight is 596 g/mol. The van der Waals surface area contributed by atoms with Gasteiger partial charge in [-0.2, -0.15) is 0 Å². The van der Waals surface area contributed by atoms with E-state index in [-0.39, 0.29) is 0 Å². The Labute approximate surface area is 259 Å². The lowest BCUT2D eigenvalue weighted by Gasteiger charge is -2.20. The number of para-hydroxylation sites is 2. The van der Waals surface area contributed by atoms with Gasteiger partial charge in [-0.25, -0.2) is 4.98 Å². The minimum atomic E-state index is -3.11. The number of benzene rings is 6. The molecule has 212 valence electrons. The van der Waals surface area contributed by atoms with Crippen LogP contribution in [0.2, 0.25) is 0 Å². The molecule has 0 spiro atoms.